The monoisotopic (exact) mass is 452 g/mol. The zero-order chi connectivity index (χ0) is 11.1. The van der Waals surface area contributed by atoms with Crippen LogP contribution in [0.25, 0.3) is 0 Å². The van der Waals surface area contributed by atoms with Crippen LogP contribution < -0.4 is 0 Å². The van der Waals surface area contributed by atoms with Crippen molar-refractivity contribution in [2.75, 3.05) is 0 Å². The zero-order valence-corrected chi connectivity index (χ0v) is 15.0. The number of hydrogen-bond donors (Lipinski definition) is 0. The smallest absolute Gasteiger partial charge is 0.0417 e. The lowest BCUT2D eigenvalue weighted by Gasteiger charge is -2.48. The summed E-state index contributed by atoms with van der Waals surface area (Å²) < 4.78 is 0.418. The maximum Gasteiger partial charge on any atom is 0.0417 e. The predicted molar refractivity (Wildman–Crippen MR) is 78.5 cm³/mol. The van der Waals surface area contributed by atoms with Crippen LogP contribution in [0, 0.1) is 5.92 Å². The van der Waals surface area contributed by atoms with Crippen molar-refractivity contribution >= 4 is 63.7 Å². The third kappa shape index (κ3) is 2.60. The minimum Gasteiger partial charge on any atom is -0.0875 e. The van der Waals surface area contributed by atoms with Crippen molar-refractivity contribution in [1.82, 2.24) is 0 Å². The van der Waals surface area contributed by atoms with Gasteiger partial charge in [-0.05, 0) is 25.7 Å². The molecule has 0 aliphatic heterocycles. The first-order valence-corrected chi connectivity index (χ1v) is 8.28. The first-order chi connectivity index (χ1) is 6.20. The van der Waals surface area contributed by atoms with Crippen LogP contribution in [0.4, 0.5) is 0 Å². The predicted octanol–water partition coefficient (Wildman–Crippen LogP) is 5.25. The molecule has 1 aliphatic carbocycles. The summed E-state index contributed by atoms with van der Waals surface area (Å²) in [7, 11) is 0. The van der Waals surface area contributed by atoms with E-state index in [1.807, 2.05) is 0 Å². The summed E-state index contributed by atoms with van der Waals surface area (Å²) in [5, 5.41) is 0. The Morgan fingerprint density at radius 1 is 1.07 bits per heavy atom. The molecule has 1 aliphatic rings. The van der Waals surface area contributed by atoms with Crippen molar-refractivity contribution in [2.45, 2.75) is 51.9 Å². The Hall–Kier alpha value is 1.92. The van der Waals surface area contributed by atoms with Crippen molar-refractivity contribution in [3.05, 3.63) is 0 Å². The molecular formula is C10H16Br4. The van der Waals surface area contributed by atoms with E-state index in [1.54, 1.807) is 0 Å². The largest absolute Gasteiger partial charge is 0.0875 e. The van der Waals surface area contributed by atoms with E-state index in [0.29, 0.717) is 15.6 Å². The van der Waals surface area contributed by atoms with Crippen molar-refractivity contribution in [3.8, 4) is 0 Å². The quantitative estimate of drug-likeness (QED) is 0.474. The Morgan fingerprint density at radius 2 is 1.57 bits per heavy atom. The lowest BCUT2D eigenvalue weighted by atomic mass is 9.77. The SMILES string of the molecule is CC(C)[C@@]1(Br)C[C@@H](Br)[C@](C)(Br)C[C@H]1Br. The zero-order valence-electron chi connectivity index (χ0n) is 8.66. The average molecular weight is 456 g/mol. The lowest BCUT2D eigenvalue weighted by molar-refractivity contribution is 0.321. The van der Waals surface area contributed by atoms with Crippen molar-refractivity contribution in [2.24, 2.45) is 5.92 Å². The van der Waals surface area contributed by atoms with E-state index >= 15 is 0 Å². The summed E-state index contributed by atoms with van der Waals surface area (Å²) in [5.74, 6) is 0.635. The average Bonchev–Trinajstić information content (AvgIpc) is 2.00. The van der Waals surface area contributed by atoms with Crippen LogP contribution in [0.3, 0.4) is 0 Å². The molecule has 0 saturated heterocycles. The van der Waals surface area contributed by atoms with E-state index in [2.05, 4.69) is 84.5 Å². The van der Waals surface area contributed by atoms with Crippen LogP contribution in [0.5, 0.6) is 0 Å². The number of alkyl halides is 4. The van der Waals surface area contributed by atoms with Gasteiger partial charge in [0.2, 0.25) is 0 Å². The second-order valence-corrected chi connectivity index (χ2v) is 10.2. The van der Waals surface area contributed by atoms with Gasteiger partial charge in [0.15, 0.2) is 0 Å². The Labute approximate surface area is 120 Å². The van der Waals surface area contributed by atoms with Gasteiger partial charge in [0, 0.05) is 18.3 Å². The molecule has 0 heterocycles. The second kappa shape index (κ2) is 4.66. The maximum absolute atomic E-state index is 3.92. The van der Waals surface area contributed by atoms with E-state index in [-0.39, 0.29) is 8.65 Å². The minimum absolute atomic E-state index is 0.202. The Kier molecular flexibility index (Phi) is 4.65. The van der Waals surface area contributed by atoms with E-state index in [9.17, 15) is 0 Å². The van der Waals surface area contributed by atoms with E-state index in [0.717, 1.165) is 12.8 Å². The highest BCUT2D eigenvalue weighted by Crippen LogP contribution is 2.53. The maximum atomic E-state index is 3.92. The number of halogens is 4. The topological polar surface area (TPSA) is 0 Å². The van der Waals surface area contributed by atoms with Gasteiger partial charge in [-0.2, -0.15) is 0 Å². The third-order valence-electron chi connectivity index (χ3n) is 3.20. The second-order valence-electron chi connectivity index (χ2n) is 4.70. The fourth-order valence-corrected chi connectivity index (χ4v) is 5.81. The van der Waals surface area contributed by atoms with Crippen LogP contribution in [0.2, 0.25) is 0 Å². The Bertz CT molecular complexity index is 214. The summed E-state index contributed by atoms with van der Waals surface area (Å²) in [6.07, 6.45) is 2.27. The van der Waals surface area contributed by atoms with E-state index < -0.39 is 0 Å². The van der Waals surface area contributed by atoms with Crippen LogP contribution in [-0.2, 0) is 0 Å². The van der Waals surface area contributed by atoms with Crippen LogP contribution in [0.1, 0.15) is 33.6 Å². The molecule has 84 valence electrons. The molecule has 0 aromatic heterocycles. The molecule has 4 heteroatoms. The standard InChI is InChI=1S/C10H16Br4/c1-6(2)10(14)5-7(11)9(3,13)4-8(10)12/h6-8H,4-5H2,1-3H3/t7-,8-,9-,10+/m1/s1. The molecule has 14 heavy (non-hydrogen) atoms. The molecule has 1 saturated carbocycles. The first-order valence-electron chi connectivity index (χ1n) is 4.86. The summed E-state index contributed by atoms with van der Waals surface area (Å²) in [4.78, 5) is 1.04. The van der Waals surface area contributed by atoms with Gasteiger partial charge in [-0.15, -0.1) is 0 Å². The molecule has 0 unspecified atom stereocenters. The Morgan fingerprint density at radius 3 is 2.00 bits per heavy atom. The molecular weight excluding hydrogens is 440 g/mol. The summed E-state index contributed by atoms with van der Waals surface area (Å²) >= 11 is 15.3. The van der Waals surface area contributed by atoms with Gasteiger partial charge in [0.25, 0.3) is 0 Å². The summed E-state index contributed by atoms with van der Waals surface area (Å²) in [6, 6.07) is 0. The molecule has 0 N–H and O–H groups in total. The number of hydrogen-bond acceptors (Lipinski definition) is 0. The van der Waals surface area contributed by atoms with Crippen molar-refractivity contribution < 1.29 is 0 Å². The van der Waals surface area contributed by atoms with Gasteiger partial charge in [0.1, 0.15) is 0 Å². The first kappa shape index (κ1) is 14.0. The van der Waals surface area contributed by atoms with Crippen LogP contribution >= 0.6 is 63.7 Å². The number of rotatable bonds is 1. The van der Waals surface area contributed by atoms with E-state index in [4.69, 9.17) is 0 Å². The summed E-state index contributed by atoms with van der Waals surface area (Å²) in [5.41, 5.74) is 0. The molecule has 0 aromatic rings. The molecule has 0 radical (unpaired) electrons. The minimum atomic E-state index is 0.202. The molecule has 0 spiro atoms. The van der Waals surface area contributed by atoms with Gasteiger partial charge < -0.3 is 0 Å². The van der Waals surface area contributed by atoms with Gasteiger partial charge in [-0.1, -0.05) is 77.6 Å². The highest BCUT2D eigenvalue weighted by Gasteiger charge is 2.50. The van der Waals surface area contributed by atoms with Crippen LogP contribution in [0.15, 0.2) is 0 Å². The lowest BCUT2D eigenvalue weighted by Crippen LogP contribution is -2.51. The fourth-order valence-electron chi connectivity index (χ4n) is 1.86. The molecule has 1 fully saturated rings. The fraction of sp³-hybridized carbons (Fsp3) is 1.00. The molecule has 4 atom stereocenters. The Balaban J connectivity index is 2.86. The molecule has 0 amide bonds. The highest BCUT2D eigenvalue weighted by molar-refractivity contribution is 9.13. The molecule has 0 aromatic carbocycles. The van der Waals surface area contributed by atoms with Crippen molar-refractivity contribution in [3.63, 3.8) is 0 Å². The third-order valence-corrected chi connectivity index (χ3v) is 9.58. The van der Waals surface area contributed by atoms with Crippen molar-refractivity contribution in [1.29, 1.82) is 0 Å². The highest BCUT2D eigenvalue weighted by atomic mass is 79.9. The normalized spacial score (nSPS) is 49.7. The van der Waals surface area contributed by atoms with Gasteiger partial charge in [-0.3, -0.25) is 0 Å². The van der Waals surface area contributed by atoms with Gasteiger partial charge in [0.05, 0.1) is 0 Å². The summed E-state index contributed by atoms with van der Waals surface area (Å²) in [6.45, 7) is 6.81. The molecule has 0 bridgehead atoms. The van der Waals surface area contributed by atoms with Crippen LogP contribution in [-0.4, -0.2) is 18.3 Å². The van der Waals surface area contributed by atoms with E-state index in [1.165, 1.54) is 0 Å². The van der Waals surface area contributed by atoms with Gasteiger partial charge >= 0.3 is 0 Å². The molecule has 0 nitrogen and oxygen atoms in total. The van der Waals surface area contributed by atoms with Gasteiger partial charge in [-0.25, -0.2) is 0 Å². The molecule has 1 rings (SSSR count).